The number of aliphatic hydroxyl groups is 7. The molecule has 17 heteroatoms. The van der Waals surface area contributed by atoms with Crippen LogP contribution in [0.25, 0.3) is 0 Å². The molecule has 2 heterocycles. The molecule has 2 aliphatic heterocycles. The van der Waals surface area contributed by atoms with Gasteiger partial charge in [0.2, 0.25) is 0 Å². The van der Waals surface area contributed by atoms with E-state index in [1.807, 2.05) is 0 Å². The molecule has 0 aromatic rings. The van der Waals surface area contributed by atoms with Gasteiger partial charge in [-0.3, -0.25) is 0 Å². The molecule has 7 N–H and O–H groups in total. The van der Waals surface area contributed by atoms with Crippen molar-refractivity contribution in [3.63, 3.8) is 0 Å². The maximum absolute atomic E-state index is 13.5. The maximum atomic E-state index is 13.5. The van der Waals surface area contributed by atoms with Crippen molar-refractivity contribution in [1.82, 2.24) is 0 Å². The minimum absolute atomic E-state index is 0.0919. The molecule has 0 aliphatic carbocycles. The van der Waals surface area contributed by atoms with Crippen molar-refractivity contribution >= 4 is 19.7 Å². The van der Waals surface area contributed by atoms with E-state index in [2.05, 4.69) is 13.8 Å². The molecule has 2 rings (SSSR count). The van der Waals surface area contributed by atoms with Crippen LogP contribution >= 0.6 is 0 Å². The zero-order valence-electron chi connectivity index (χ0n) is 40.3. The van der Waals surface area contributed by atoms with Gasteiger partial charge in [0.1, 0.15) is 48.8 Å². The van der Waals surface area contributed by atoms with Crippen molar-refractivity contribution < 1.29 is 71.5 Å². The van der Waals surface area contributed by atoms with Crippen LogP contribution in [0.15, 0.2) is 0 Å². The normalized spacial score (nSPS) is 26.6. The van der Waals surface area contributed by atoms with E-state index in [1.165, 1.54) is 116 Å². The van der Waals surface area contributed by atoms with E-state index in [0.717, 1.165) is 51.4 Å². The number of sulfone groups is 2. The molecule has 0 saturated carbocycles. The fraction of sp³-hybridized carbons (Fsp3) is 1.00. The molecule has 0 aromatic carbocycles. The lowest BCUT2D eigenvalue weighted by atomic mass is 9.97. The Labute approximate surface area is 393 Å². The minimum Gasteiger partial charge on any atom is -0.394 e. The summed E-state index contributed by atoms with van der Waals surface area (Å²) in [6, 6.07) is 0. The first-order chi connectivity index (χ1) is 31.2. The van der Waals surface area contributed by atoms with Crippen molar-refractivity contribution in [3.05, 3.63) is 0 Å². The number of hydrogen-bond acceptors (Lipinski definition) is 15. The molecule has 388 valence electrons. The summed E-state index contributed by atoms with van der Waals surface area (Å²) < 4.78 is 76.3. The molecule has 0 radical (unpaired) electrons. The summed E-state index contributed by atoms with van der Waals surface area (Å²) in [6.45, 7) is 2.49. The molecule has 10 atom stereocenters. The summed E-state index contributed by atoms with van der Waals surface area (Å²) in [5.41, 5.74) is 0. The summed E-state index contributed by atoms with van der Waals surface area (Å²) in [5, 5.41) is 72.6. The Hall–Kier alpha value is -0.540. The highest BCUT2D eigenvalue weighted by Crippen LogP contribution is 2.30. The third kappa shape index (κ3) is 25.8. The monoisotopic (exact) mass is 975 g/mol. The molecular weight excluding hydrogens is 881 g/mol. The van der Waals surface area contributed by atoms with E-state index >= 15 is 0 Å². The van der Waals surface area contributed by atoms with E-state index < -0.39 is 118 Å². The highest BCUT2D eigenvalue weighted by atomic mass is 32.2. The zero-order chi connectivity index (χ0) is 47.9. The SMILES string of the molecule is CCCCCCCCCCCCCCCCS(=O)(=O)CC(CO[C@H]1O[C@H](CO)[C@H](O[C@@H]2O[C@H](CO)[C@H](O)[C@H](O)[C@H]2O)[C@H](O)[C@H]1O)CS(=O)(=O)CCCCCCCCCCCCCCCC. The lowest BCUT2D eigenvalue weighted by Gasteiger charge is -2.46. The van der Waals surface area contributed by atoms with Crippen molar-refractivity contribution in [2.24, 2.45) is 5.92 Å². The van der Waals surface area contributed by atoms with Crippen LogP contribution < -0.4 is 0 Å². The summed E-state index contributed by atoms with van der Waals surface area (Å²) in [7, 11) is -7.42. The fourth-order valence-electron chi connectivity index (χ4n) is 8.99. The first-order valence-corrected chi connectivity index (χ1v) is 29.4. The van der Waals surface area contributed by atoms with Crippen LogP contribution in [0.3, 0.4) is 0 Å². The van der Waals surface area contributed by atoms with E-state index in [1.54, 1.807) is 0 Å². The largest absolute Gasteiger partial charge is 0.394 e. The lowest BCUT2D eigenvalue weighted by Crippen LogP contribution is -2.64. The van der Waals surface area contributed by atoms with Crippen LogP contribution in [0.4, 0.5) is 0 Å². The molecule has 15 nitrogen and oxygen atoms in total. The summed E-state index contributed by atoms with van der Waals surface area (Å²) >= 11 is 0. The van der Waals surface area contributed by atoms with Gasteiger partial charge in [0.25, 0.3) is 0 Å². The van der Waals surface area contributed by atoms with Gasteiger partial charge >= 0.3 is 0 Å². The van der Waals surface area contributed by atoms with Gasteiger partial charge in [-0.15, -0.1) is 0 Å². The molecule has 2 fully saturated rings. The van der Waals surface area contributed by atoms with Crippen molar-refractivity contribution in [2.75, 3.05) is 42.8 Å². The number of aliphatic hydroxyl groups excluding tert-OH is 7. The highest BCUT2D eigenvalue weighted by molar-refractivity contribution is 7.92. The standard InChI is InChI=1S/C48H94O15S2/c1-3-5-7-9-11-13-15-17-19-21-23-25-27-29-31-64(56,57)36-38(37-65(58,59)32-30-28-26-24-22-20-18-16-14-12-10-8-6-4-2)35-60-47-45(55)43(53)46(40(34-50)62-47)63-48-44(54)42(52)41(51)39(33-49)61-48/h38-55H,3-37H2,1-2H3/t39-,40-,41+,42+,43-,44-,45-,46+,47+,48+/m1/s1. The van der Waals surface area contributed by atoms with Crippen LogP contribution in [0.1, 0.15) is 194 Å². The van der Waals surface area contributed by atoms with Crippen molar-refractivity contribution in [1.29, 1.82) is 0 Å². The maximum Gasteiger partial charge on any atom is 0.187 e. The van der Waals surface area contributed by atoms with Crippen LogP contribution in [0, 0.1) is 5.92 Å². The molecule has 65 heavy (non-hydrogen) atoms. The van der Waals surface area contributed by atoms with E-state index in [0.29, 0.717) is 12.8 Å². The third-order valence-electron chi connectivity index (χ3n) is 13.1. The Morgan fingerprint density at radius 2 is 0.769 bits per heavy atom. The van der Waals surface area contributed by atoms with Gasteiger partial charge in [0.05, 0.1) is 42.8 Å². The van der Waals surface area contributed by atoms with Gasteiger partial charge in [0, 0.05) is 5.92 Å². The Morgan fingerprint density at radius 3 is 1.14 bits per heavy atom. The van der Waals surface area contributed by atoms with Crippen molar-refractivity contribution in [2.45, 2.75) is 255 Å². The molecule has 0 amide bonds. The number of rotatable bonds is 41. The lowest BCUT2D eigenvalue weighted by molar-refractivity contribution is -0.359. The number of unbranched alkanes of at least 4 members (excludes halogenated alkanes) is 26. The minimum atomic E-state index is -3.71. The Kier molecular flexibility index (Phi) is 33.1. The summed E-state index contributed by atoms with van der Waals surface area (Å²) in [6.07, 6.45) is 15.1. The van der Waals surface area contributed by atoms with E-state index in [-0.39, 0.29) is 11.5 Å². The predicted molar refractivity (Wildman–Crippen MR) is 254 cm³/mol. The van der Waals surface area contributed by atoms with Gasteiger partial charge in [-0.05, 0) is 12.8 Å². The molecule has 0 bridgehead atoms. The topological polar surface area (TPSA) is 247 Å². The Morgan fingerprint density at radius 1 is 0.431 bits per heavy atom. The molecule has 0 spiro atoms. The second-order valence-corrected chi connectivity index (χ2v) is 23.6. The van der Waals surface area contributed by atoms with Crippen LogP contribution in [0.5, 0.6) is 0 Å². The van der Waals surface area contributed by atoms with E-state index in [9.17, 15) is 52.6 Å². The first-order valence-electron chi connectivity index (χ1n) is 25.8. The van der Waals surface area contributed by atoms with E-state index in [4.69, 9.17) is 18.9 Å². The molecular formula is C48H94O15S2. The molecule has 0 aromatic heterocycles. The van der Waals surface area contributed by atoms with Crippen molar-refractivity contribution in [3.8, 4) is 0 Å². The summed E-state index contributed by atoms with van der Waals surface area (Å²) in [5.74, 6) is -2.11. The molecule has 2 aliphatic rings. The number of ether oxygens (including phenoxy) is 4. The predicted octanol–water partition coefficient (Wildman–Crippen LogP) is 6.04. The first kappa shape index (κ1) is 60.6. The second-order valence-electron chi connectivity index (χ2n) is 19.1. The summed E-state index contributed by atoms with van der Waals surface area (Å²) in [4.78, 5) is 0. The van der Waals surface area contributed by atoms with Gasteiger partial charge in [-0.1, -0.05) is 181 Å². The zero-order valence-corrected chi connectivity index (χ0v) is 41.9. The Balaban J connectivity index is 1.92. The third-order valence-corrected chi connectivity index (χ3v) is 16.8. The molecule has 0 unspecified atom stereocenters. The van der Waals surface area contributed by atoms with Gasteiger partial charge < -0.3 is 54.7 Å². The Bertz CT molecular complexity index is 1300. The average molecular weight is 975 g/mol. The quantitative estimate of drug-likeness (QED) is 0.0346. The van der Waals surface area contributed by atoms with Gasteiger partial charge in [0.15, 0.2) is 32.3 Å². The fourth-order valence-corrected chi connectivity index (χ4v) is 12.6. The highest BCUT2D eigenvalue weighted by Gasteiger charge is 2.51. The van der Waals surface area contributed by atoms with Crippen LogP contribution in [-0.2, 0) is 38.6 Å². The smallest absolute Gasteiger partial charge is 0.187 e. The molecule has 2 saturated heterocycles. The number of hydrogen-bond donors (Lipinski definition) is 7. The second kappa shape index (κ2) is 35.5. The van der Waals surface area contributed by atoms with Crippen LogP contribution in [0.2, 0.25) is 0 Å². The van der Waals surface area contributed by atoms with Gasteiger partial charge in [-0.2, -0.15) is 0 Å². The van der Waals surface area contributed by atoms with Gasteiger partial charge in [-0.25, -0.2) is 16.8 Å². The van der Waals surface area contributed by atoms with Crippen LogP contribution in [-0.4, -0.2) is 157 Å². The average Bonchev–Trinajstić information content (AvgIpc) is 3.27.